The zero-order valence-electron chi connectivity index (χ0n) is 18.0. The minimum absolute atomic E-state index is 0.00780. The third-order valence-corrected chi connectivity index (χ3v) is 6.53. The van der Waals surface area contributed by atoms with Gasteiger partial charge in [-0.15, -0.1) is 0 Å². The quantitative estimate of drug-likeness (QED) is 0.785. The number of carbonyl (C=O) groups excluding carboxylic acids is 2. The Hall–Kier alpha value is -2.89. The van der Waals surface area contributed by atoms with Gasteiger partial charge in [0.25, 0.3) is 5.91 Å². The van der Waals surface area contributed by atoms with Crippen molar-refractivity contribution in [2.24, 2.45) is 11.8 Å². The molecule has 2 fully saturated rings. The first kappa shape index (κ1) is 21.3. The van der Waals surface area contributed by atoms with Gasteiger partial charge in [0.05, 0.1) is 0 Å². The van der Waals surface area contributed by atoms with Gasteiger partial charge < -0.3 is 15.1 Å². The summed E-state index contributed by atoms with van der Waals surface area (Å²) in [4.78, 5) is 29.4. The SMILES string of the molecule is CC1CCN(c2ccc(NC(=O)C3CCN(C(=O)c4ccc(F)cc4)CC3)cc2)CC1. The Bertz CT molecular complexity index is 897. The summed E-state index contributed by atoms with van der Waals surface area (Å²) in [7, 11) is 0. The Morgan fingerprint density at radius 3 is 2.10 bits per heavy atom. The van der Waals surface area contributed by atoms with Gasteiger partial charge >= 0.3 is 0 Å². The molecule has 5 nitrogen and oxygen atoms in total. The number of carbonyl (C=O) groups is 2. The molecule has 2 aromatic carbocycles. The Kier molecular flexibility index (Phi) is 6.54. The molecule has 0 bridgehead atoms. The number of hydrogen-bond donors (Lipinski definition) is 1. The molecule has 2 amide bonds. The fraction of sp³-hybridized carbons (Fsp3) is 0.440. The fourth-order valence-corrected chi connectivity index (χ4v) is 4.39. The summed E-state index contributed by atoms with van der Waals surface area (Å²) in [5, 5.41) is 3.03. The lowest BCUT2D eigenvalue weighted by molar-refractivity contribution is -0.121. The van der Waals surface area contributed by atoms with Crippen LogP contribution in [0.3, 0.4) is 0 Å². The van der Waals surface area contributed by atoms with E-state index in [4.69, 9.17) is 0 Å². The van der Waals surface area contributed by atoms with Gasteiger partial charge in [-0.3, -0.25) is 9.59 Å². The number of piperidine rings is 2. The van der Waals surface area contributed by atoms with Crippen molar-refractivity contribution < 1.29 is 14.0 Å². The maximum Gasteiger partial charge on any atom is 0.253 e. The highest BCUT2D eigenvalue weighted by atomic mass is 19.1. The van der Waals surface area contributed by atoms with E-state index in [1.165, 1.54) is 42.8 Å². The van der Waals surface area contributed by atoms with E-state index >= 15 is 0 Å². The topological polar surface area (TPSA) is 52.7 Å². The maximum absolute atomic E-state index is 13.1. The van der Waals surface area contributed by atoms with E-state index in [2.05, 4.69) is 29.3 Å². The first-order chi connectivity index (χ1) is 15.0. The van der Waals surface area contributed by atoms with Gasteiger partial charge in [0.15, 0.2) is 0 Å². The van der Waals surface area contributed by atoms with Crippen LogP contribution in [0.5, 0.6) is 0 Å². The van der Waals surface area contributed by atoms with E-state index < -0.39 is 0 Å². The molecule has 0 aromatic heterocycles. The van der Waals surface area contributed by atoms with Crippen molar-refractivity contribution in [2.75, 3.05) is 36.4 Å². The highest BCUT2D eigenvalue weighted by Crippen LogP contribution is 2.25. The molecule has 6 heteroatoms. The van der Waals surface area contributed by atoms with Crippen LogP contribution in [0, 0.1) is 17.7 Å². The molecule has 0 aliphatic carbocycles. The zero-order valence-corrected chi connectivity index (χ0v) is 18.0. The van der Waals surface area contributed by atoms with Crippen molar-refractivity contribution in [2.45, 2.75) is 32.6 Å². The third-order valence-electron chi connectivity index (χ3n) is 6.53. The van der Waals surface area contributed by atoms with Crippen molar-refractivity contribution in [1.82, 2.24) is 4.90 Å². The third kappa shape index (κ3) is 5.24. The average Bonchev–Trinajstić information content (AvgIpc) is 2.80. The summed E-state index contributed by atoms with van der Waals surface area (Å²) >= 11 is 0. The summed E-state index contributed by atoms with van der Waals surface area (Å²) in [6.45, 7) is 5.53. The van der Waals surface area contributed by atoms with Crippen LogP contribution in [-0.2, 0) is 4.79 Å². The summed E-state index contributed by atoms with van der Waals surface area (Å²) in [5.74, 6) is 0.230. The average molecular weight is 424 g/mol. The number of hydrogen-bond acceptors (Lipinski definition) is 3. The summed E-state index contributed by atoms with van der Waals surface area (Å²) in [5.41, 5.74) is 2.49. The molecule has 0 radical (unpaired) electrons. The highest BCUT2D eigenvalue weighted by Gasteiger charge is 2.28. The Labute approximate surface area is 183 Å². The number of halogens is 1. The smallest absolute Gasteiger partial charge is 0.253 e. The van der Waals surface area contributed by atoms with Gasteiger partial charge in [-0.05, 0) is 80.1 Å². The van der Waals surface area contributed by atoms with Crippen molar-refractivity contribution in [1.29, 1.82) is 0 Å². The second-order valence-electron chi connectivity index (χ2n) is 8.78. The largest absolute Gasteiger partial charge is 0.372 e. The van der Waals surface area contributed by atoms with Gasteiger partial charge in [-0.1, -0.05) is 6.92 Å². The van der Waals surface area contributed by atoms with E-state index in [0.29, 0.717) is 31.5 Å². The van der Waals surface area contributed by atoms with Gasteiger partial charge in [0.2, 0.25) is 5.91 Å². The van der Waals surface area contributed by atoms with Crippen LogP contribution in [0.1, 0.15) is 43.0 Å². The van der Waals surface area contributed by atoms with Crippen LogP contribution < -0.4 is 10.2 Å². The maximum atomic E-state index is 13.1. The molecular weight excluding hydrogens is 393 g/mol. The monoisotopic (exact) mass is 423 g/mol. The number of anilines is 2. The molecule has 2 heterocycles. The molecular formula is C25H30FN3O2. The molecule has 2 aliphatic heterocycles. The molecule has 1 N–H and O–H groups in total. The van der Waals surface area contributed by atoms with Crippen molar-refractivity contribution >= 4 is 23.2 Å². The molecule has 164 valence electrons. The Morgan fingerprint density at radius 2 is 1.48 bits per heavy atom. The van der Waals surface area contributed by atoms with E-state index in [9.17, 15) is 14.0 Å². The summed E-state index contributed by atoms with van der Waals surface area (Å²) in [6, 6.07) is 13.7. The van der Waals surface area contributed by atoms with Crippen LogP contribution in [0.2, 0.25) is 0 Å². The van der Waals surface area contributed by atoms with Crippen LogP contribution in [-0.4, -0.2) is 42.9 Å². The number of nitrogens with one attached hydrogen (secondary N) is 1. The van der Waals surface area contributed by atoms with Gasteiger partial charge in [-0.25, -0.2) is 4.39 Å². The van der Waals surface area contributed by atoms with E-state index in [-0.39, 0.29) is 23.5 Å². The normalized spacial score (nSPS) is 18.1. The summed E-state index contributed by atoms with van der Waals surface area (Å²) in [6.07, 6.45) is 3.70. The number of rotatable bonds is 4. The molecule has 0 unspecified atom stereocenters. The minimum atomic E-state index is -0.356. The van der Waals surface area contributed by atoms with Gasteiger partial charge in [0, 0.05) is 49.0 Å². The first-order valence-corrected chi connectivity index (χ1v) is 11.2. The van der Waals surface area contributed by atoms with Gasteiger partial charge in [-0.2, -0.15) is 0 Å². The second kappa shape index (κ2) is 9.50. The number of likely N-dealkylation sites (tertiary alicyclic amines) is 1. The van der Waals surface area contributed by atoms with Crippen molar-refractivity contribution in [3.63, 3.8) is 0 Å². The summed E-state index contributed by atoms with van der Waals surface area (Å²) < 4.78 is 13.1. The zero-order chi connectivity index (χ0) is 21.8. The number of benzene rings is 2. The lowest BCUT2D eigenvalue weighted by atomic mass is 9.95. The molecule has 4 rings (SSSR count). The second-order valence-corrected chi connectivity index (χ2v) is 8.78. The molecule has 0 spiro atoms. The van der Waals surface area contributed by atoms with E-state index in [1.54, 1.807) is 4.90 Å². The van der Waals surface area contributed by atoms with Crippen LogP contribution in [0.15, 0.2) is 48.5 Å². The minimum Gasteiger partial charge on any atom is -0.372 e. The highest BCUT2D eigenvalue weighted by molar-refractivity contribution is 5.95. The Morgan fingerprint density at radius 1 is 0.871 bits per heavy atom. The molecule has 2 aliphatic rings. The fourth-order valence-electron chi connectivity index (χ4n) is 4.39. The molecule has 2 aromatic rings. The molecule has 0 saturated carbocycles. The standard InChI is InChI=1S/C25H30FN3O2/c1-18-10-14-28(15-11-18)23-8-6-22(7-9-23)27-24(30)19-12-16-29(17-13-19)25(31)20-2-4-21(26)5-3-20/h2-9,18-19H,10-17H2,1H3,(H,27,30). The number of amides is 2. The predicted molar refractivity (Wildman–Crippen MR) is 121 cm³/mol. The van der Waals surface area contributed by atoms with Gasteiger partial charge in [0.1, 0.15) is 5.82 Å². The lowest BCUT2D eigenvalue weighted by Crippen LogP contribution is -2.41. The lowest BCUT2D eigenvalue weighted by Gasteiger charge is -2.32. The van der Waals surface area contributed by atoms with Crippen LogP contribution >= 0.6 is 0 Å². The van der Waals surface area contributed by atoms with E-state index in [1.807, 2.05) is 12.1 Å². The van der Waals surface area contributed by atoms with E-state index in [0.717, 1.165) is 24.7 Å². The Balaban J connectivity index is 1.27. The van der Waals surface area contributed by atoms with Crippen LogP contribution in [0.25, 0.3) is 0 Å². The predicted octanol–water partition coefficient (Wildman–Crippen LogP) is 4.55. The van der Waals surface area contributed by atoms with Crippen LogP contribution in [0.4, 0.5) is 15.8 Å². The first-order valence-electron chi connectivity index (χ1n) is 11.2. The molecule has 31 heavy (non-hydrogen) atoms. The molecule has 2 saturated heterocycles. The molecule has 0 atom stereocenters. The van der Waals surface area contributed by atoms with Crippen molar-refractivity contribution in [3.8, 4) is 0 Å². The number of nitrogens with zero attached hydrogens (tertiary/aromatic N) is 2. The van der Waals surface area contributed by atoms with Crippen molar-refractivity contribution in [3.05, 3.63) is 59.9 Å².